The molecule has 1 aromatic rings. The number of nitrogens with zero attached hydrogens (tertiary/aromatic N) is 2. The van der Waals surface area contributed by atoms with E-state index in [-0.39, 0.29) is 42.2 Å². The van der Waals surface area contributed by atoms with Crippen LogP contribution >= 0.6 is 11.8 Å². The fourth-order valence-electron chi connectivity index (χ4n) is 3.97. The van der Waals surface area contributed by atoms with Gasteiger partial charge in [0.25, 0.3) is 15.8 Å². The van der Waals surface area contributed by atoms with Crippen LogP contribution in [0.3, 0.4) is 0 Å². The fraction of sp³-hybridized carbons (Fsp3) is 0.500. The molecular formula is C20H24N2O9S2. The van der Waals surface area contributed by atoms with Gasteiger partial charge in [0.15, 0.2) is 0 Å². The standard InChI is InChI=1S/C20H24N2O9S2/c1-11-16-15(12(2)23)19(24)21(16)17(18(11)32-9-8-31-33(3,28)29)20(25)30-10-13-4-6-14(7-5-13)22(26)27/h4-7,11-12,15-16,23H,8-10H2,1-3H3/t11-,12-,15+,16?/m1/s1. The summed E-state index contributed by atoms with van der Waals surface area (Å²) in [6, 6.07) is 5.13. The third kappa shape index (κ3) is 5.37. The Balaban J connectivity index is 1.76. The topological polar surface area (TPSA) is 153 Å². The van der Waals surface area contributed by atoms with E-state index in [1.54, 1.807) is 0 Å². The summed E-state index contributed by atoms with van der Waals surface area (Å²) in [4.78, 5) is 37.8. The van der Waals surface area contributed by atoms with Gasteiger partial charge in [0.1, 0.15) is 12.3 Å². The fourth-order valence-corrected chi connectivity index (χ4v) is 5.57. The van der Waals surface area contributed by atoms with E-state index in [1.165, 1.54) is 47.9 Å². The van der Waals surface area contributed by atoms with Gasteiger partial charge in [-0.15, -0.1) is 11.8 Å². The third-order valence-electron chi connectivity index (χ3n) is 5.46. The molecule has 0 spiro atoms. The lowest BCUT2D eigenvalue weighted by Gasteiger charge is -2.46. The van der Waals surface area contributed by atoms with Crippen molar-refractivity contribution in [3.05, 3.63) is 50.5 Å². The number of esters is 1. The lowest BCUT2D eigenvalue weighted by Crippen LogP contribution is -2.63. The predicted molar refractivity (Wildman–Crippen MR) is 118 cm³/mol. The number of nitro benzene ring substituents is 1. The number of hydrogen-bond acceptors (Lipinski definition) is 10. The Kier molecular flexibility index (Phi) is 7.46. The number of fused-ring (bicyclic) bond motifs is 1. The van der Waals surface area contributed by atoms with Crippen molar-refractivity contribution in [2.45, 2.75) is 32.6 Å². The van der Waals surface area contributed by atoms with Crippen molar-refractivity contribution in [2.24, 2.45) is 11.8 Å². The number of rotatable bonds is 10. The van der Waals surface area contributed by atoms with Gasteiger partial charge in [-0.05, 0) is 24.6 Å². The highest BCUT2D eigenvalue weighted by Gasteiger charge is 2.60. The van der Waals surface area contributed by atoms with Crippen molar-refractivity contribution in [1.82, 2.24) is 4.90 Å². The van der Waals surface area contributed by atoms with E-state index in [2.05, 4.69) is 0 Å². The number of amides is 1. The minimum absolute atomic E-state index is 0.0701. The number of aliphatic hydroxyl groups excluding tert-OH is 1. The Morgan fingerprint density at radius 3 is 2.52 bits per heavy atom. The van der Waals surface area contributed by atoms with Crippen molar-refractivity contribution in [3.8, 4) is 0 Å². The van der Waals surface area contributed by atoms with Crippen molar-refractivity contribution < 1.29 is 37.0 Å². The Bertz CT molecular complexity index is 1080. The van der Waals surface area contributed by atoms with Crippen LogP contribution in [-0.4, -0.2) is 66.0 Å². The molecule has 0 radical (unpaired) electrons. The van der Waals surface area contributed by atoms with E-state index in [1.807, 2.05) is 6.92 Å². The van der Waals surface area contributed by atoms with Crippen molar-refractivity contribution in [3.63, 3.8) is 0 Å². The molecule has 2 aliphatic rings. The summed E-state index contributed by atoms with van der Waals surface area (Å²) in [5.74, 6) is -1.82. The van der Waals surface area contributed by atoms with Gasteiger partial charge in [0.2, 0.25) is 5.91 Å². The van der Waals surface area contributed by atoms with Crippen LogP contribution in [0.1, 0.15) is 19.4 Å². The second-order valence-electron chi connectivity index (χ2n) is 7.84. The largest absolute Gasteiger partial charge is 0.456 e. The van der Waals surface area contributed by atoms with Crippen LogP contribution in [0.25, 0.3) is 0 Å². The molecule has 0 aliphatic carbocycles. The maximum absolute atomic E-state index is 13.0. The second kappa shape index (κ2) is 9.79. The first kappa shape index (κ1) is 25.1. The number of hydrogen-bond donors (Lipinski definition) is 1. The van der Waals surface area contributed by atoms with Crippen LogP contribution < -0.4 is 0 Å². The van der Waals surface area contributed by atoms with Crippen molar-refractivity contribution in [2.75, 3.05) is 18.6 Å². The zero-order valence-electron chi connectivity index (χ0n) is 18.2. The van der Waals surface area contributed by atoms with Crippen molar-refractivity contribution in [1.29, 1.82) is 0 Å². The van der Waals surface area contributed by atoms with E-state index in [0.29, 0.717) is 10.5 Å². The Morgan fingerprint density at radius 1 is 1.33 bits per heavy atom. The number of nitro groups is 1. The highest BCUT2D eigenvalue weighted by Crippen LogP contribution is 2.50. The minimum Gasteiger partial charge on any atom is -0.456 e. The number of benzene rings is 1. The van der Waals surface area contributed by atoms with Gasteiger partial charge < -0.3 is 14.7 Å². The Morgan fingerprint density at radius 2 is 1.97 bits per heavy atom. The predicted octanol–water partition coefficient (Wildman–Crippen LogP) is 1.42. The monoisotopic (exact) mass is 500 g/mol. The summed E-state index contributed by atoms with van der Waals surface area (Å²) in [5, 5.41) is 20.8. The first-order valence-electron chi connectivity index (χ1n) is 10.1. The molecule has 2 heterocycles. The van der Waals surface area contributed by atoms with E-state index < -0.39 is 39.1 Å². The molecule has 11 nitrogen and oxygen atoms in total. The zero-order valence-corrected chi connectivity index (χ0v) is 19.8. The highest BCUT2D eigenvalue weighted by molar-refractivity contribution is 8.03. The molecule has 0 aromatic heterocycles. The summed E-state index contributed by atoms with van der Waals surface area (Å²) >= 11 is 1.20. The smallest absolute Gasteiger partial charge is 0.356 e. The lowest BCUT2D eigenvalue weighted by molar-refractivity contribution is -0.384. The molecule has 13 heteroatoms. The van der Waals surface area contributed by atoms with Crippen LogP contribution in [0.2, 0.25) is 0 Å². The van der Waals surface area contributed by atoms with E-state index in [0.717, 1.165) is 6.26 Å². The van der Waals surface area contributed by atoms with Crippen LogP contribution in [0.4, 0.5) is 5.69 Å². The molecule has 1 amide bonds. The number of ether oxygens (including phenoxy) is 1. The van der Waals surface area contributed by atoms with Gasteiger partial charge in [0.05, 0.1) is 35.8 Å². The summed E-state index contributed by atoms with van der Waals surface area (Å²) in [6.45, 7) is 3.08. The quantitative estimate of drug-likeness (QED) is 0.125. The van der Waals surface area contributed by atoms with Gasteiger partial charge in [-0.25, -0.2) is 4.79 Å². The summed E-state index contributed by atoms with van der Waals surface area (Å²) in [5.41, 5.74) is 0.510. The van der Waals surface area contributed by atoms with Crippen LogP contribution in [0, 0.1) is 22.0 Å². The molecule has 2 aliphatic heterocycles. The average molecular weight is 501 g/mol. The van der Waals surface area contributed by atoms with Gasteiger partial charge in [0, 0.05) is 28.7 Å². The number of non-ortho nitro benzene ring substituents is 1. The maximum atomic E-state index is 13.0. The number of thioether (sulfide) groups is 1. The van der Waals surface area contributed by atoms with E-state index in [4.69, 9.17) is 8.92 Å². The molecule has 1 unspecified atom stereocenters. The number of aliphatic hydroxyl groups is 1. The van der Waals surface area contributed by atoms with Crippen molar-refractivity contribution >= 4 is 39.4 Å². The maximum Gasteiger partial charge on any atom is 0.356 e. The molecule has 0 saturated carbocycles. The minimum atomic E-state index is -3.61. The molecule has 1 aromatic carbocycles. The summed E-state index contributed by atoms with van der Waals surface area (Å²) in [7, 11) is -3.61. The number of carbonyl (C=O) groups excluding carboxylic acids is 2. The number of carbonyl (C=O) groups is 2. The third-order valence-corrected chi connectivity index (χ3v) is 7.30. The van der Waals surface area contributed by atoms with Crippen LogP contribution in [0.5, 0.6) is 0 Å². The summed E-state index contributed by atoms with van der Waals surface area (Å²) in [6.07, 6.45) is 0.0463. The van der Waals surface area contributed by atoms with Gasteiger partial charge >= 0.3 is 5.97 Å². The molecule has 3 rings (SSSR count). The lowest BCUT2D eigenvalue weighted by atomic mass is 9.79. The normalized spacial score (nSPS) is 23.2. The molecule has 1 N–H and O–H groups in total. The second-order valence-corrected chi connectivity index (χ2v) is 10.6. The number of β-lactam (4-membered cyclic amide) rings is 1. The Labute approximate surface area is 195 Å². The molecule has 1 saturated heterocycles. The zero-order chi connectivity index (χ0) is 24.5. The average Bonchev–Trinajstić information content (AvgIpc) is 2.97. The van der Waals surface area contributed by atoms with Gasteiger partial charge in [-0.1, -0.05) is 6.92 Å². The van der Waals surface area contributed by atoms with Gasteiger partial charge in [-0.3, -0.25) is 19.1 Å². The molecule has 4 atom stereocenters. The van der Waals surface area contributed by atoms with E-state index >= 15 is 0 Å². The first-order valence-corrected chi connectivity index (χ1v) is 12.9. The molecular weight excluding hydrogens is 476 g/mol. The molecule has 0 bridgehead atoms. The highest BCUT2D eigenvalue weighted by atomic mass is 32.2. The summed E-state index contributed by atoms with van der Waals surface area (Å²) < 4.78 is 32.5. The molecule has 1 fully saturated rings. The van der Waals surface area contributed by atoms with Crippen LogP contribution in [0.15, 0.2) is 34.9 Å². The molecule has 180 valence electrons. The van der Waals surface area contributed by atoms with Gasteiger partial charge in [-0.2, -0.15) is 8.42 Å². The van der Waals surface area contributed by atoms with Crippen LogP contribution in [-0.2, 0) is 35.2 Å². The first-order chi connectivity index (χ1) is 15.4. The van der Waals surface area contributed by atoms with E-state index in [9.17, 15) is 33.2 Å². The molecule has 33 heavy (non-hydrogen) atoms. The Hall–Kier alpha value is -2.48. The SMILES string of the molecule is C[C@H]1C(SCCOS(C)(=O)=O)=C(C(=O)OCc2ccc([N+](=O)[O-])cc2)N2C(=O)[C@@H]([C@@H](C)O)C12.